The van der Waals surface area contributed by atoms with E-state index >= 15 is 0 Å². The first-order chi connectivity index (χ1) is 10.8. The highest BCUT2D eigenvalue weighted by molar-refractivity contribution is 6.05. The maximum Gasteiger partial charge on any atom is 0.118 e. The topological polar surface area (TPSA) is 50.8 Å². The van der Waals surface area contributed by atoms with E-state index in [-0.39, 0.29) is 0 Å². The molecule has 2 heterocycles. The largest absolute Gasteiger partial charge is 0.497 e. The molecule has 0 radical (unpaired) electrons. The lowest BCUT2D eigenvalue weighted by molar-refractivity contribution is 0.414. The fraction of sp³-hybridized carbons (Fsp3) is 0.111. The van der Waals surface area contributed by atoms with Crippen LogP contribution in [0.25, 0.3) is 21.8 Å². The second-order valence-corrected chi connectivity index (χ2v) is 5.26. The average Bonchev–Trinajstić information content (AvgIpc) is 2.99. The zero-order valence-electron chi connectivity index (χ0n) is 12.2. The number of methoxy groups -OCH3 is 1. The van der Waals surface area contributed by atoms with Crippen LogP contribution in [0, 0.1) is 0 Å². The van der Waals surface area contributed by atoms with Gasteiger partial charge in [0.15, 0.2) is 0 Å². The van der Waals surface area contributed by atoms with Gasteiger partial charge >= 0.3 is 0 Å². The van der Waals surface area contributed by atoms with Gasteiger partial charge in [-0.3, -0.25) is 10.1 Å². The van der Waals surface area contributed by atoms with Crippen molar-refractivity contribution in [1.82, 2.24) is 15.2 Å². The number of pyridine rings is 1. The summed E-state index contributed by atoms with van der Waals surface area (Å²) in [7, 11) is 1.68. The van der Waals surface area contributed by atoms with Crippen molar-refractivity contribution < 1.29 is 4.74 Å². The molecule has 4 nitrogen and oxygen atoms in total. The van der Waals surface area contributed by atoms with Gasteiger partial charge < -0.3 is 4.74 Å². The van der Waals surface area contributed by atoms with Crippen LogP contribution in [0.5, 0.6) is 5.75 Å². The Balaban J connectivity index is 1.82. The summed E-state index contributed by atoms with van der Waals surface area (Å²) in [4.78, 5) is 4.45. The number of benzene rings is 2. The number of aromatic nitrogens is 3. The van der Waals surface area contributed by atoms with Crippen LogP contribution in [0.15, 0.2) is 54.7 Å². The number of para-hydroxylation sites is 1. The molecule has 0 amide bonds. The summed E-state index contributed by atoms with van der Waals surface area (Å²) in [6.07, 6.45) is 2.63. The first-order valence-corrected chi connectivity index (χ1v) is 7.19. The number of hydrogen-bond donors (Lipinski definition) is 1. The minimum absolute atomic E-state index is 0.800. The Morgan fingerprint density at radius 3 is 2.64 bits per heavy atom. The van der Waals surface area contributed by atoms with Crippen molar-refractivity contribution in [3.63, 3.8) is 0 Å². The lowest BCUT2D eigenvalue weighted by Gasteiger charge is -2.04. The molecule has 1 N–H and O–H groups in total. The van der Waals surface area contributed by atoms with Crippen molar-refractivity contribution in [3.8, 4) is 5.75 Å². The average molecular weight is 289 g/mol. The molecule has 0 aliphatic carbocycles. The fourth-order valence-corrected chi connectivity index (χ4v) is 2.79. The molecule has 22 heavy (non-hydrogen) atoms. The molecule has 0 unspecified atom stereocenters. The summed E-state index contributed by atoms with van der Waals surface area (Å²) in [5.74, 6) is 0.868. The van der Waals surface area contributed by atoms with Crippen LogP contribution >= 0.6 is 0 Å². The Morgan fingerprint density at radius 1 is 1.00 bits per heavy atom. The molecule has 2 aromatic heterocycles. The van der Waals surface area contributed by atoms with E-state index in [1.54, 1.807) is 7.11 Å². The molecule has 4 rings (SSSR count). The molecule has 0 atom stereocenters. The lowest BCUT2D eigenvalue weighted by atomic mass is 10.0. The summed E-state index contributed by atoms with van der Waals surface area (Å²) in [5.41, 5.74) is 4.22. The third-order valence-electron chi connectivity index (χ3n) is 3.91. The number of fused-ring (bicyclic) bond motifs is 3. The van der Waals surface area contributed by atoms with Crippen molar-refractivity contribution in [2.75, 3.05) is 7.11 Å². The van der Waals surface area contributed by atoms with E-state index in [0.717, 1.165) is 39.7 Å². The predicted molar refractivity (Wildman–Crippen MR) is 87.2 cm³/mol. The Hall–Kier alpha value is -2.88. The standard InChI is InChI=1S/C18H15N3O/c1-22-13-8-6-12(7-9-13)10-16-18-14-4-2-3-5-15(14)19-11-17(18)21-20-16/h2-9,11H,10H2,1H3,(H,20,21). The van der Waals surface area contributed by atoms with Crippen molar-refractivity contribution >= 4 is 21.8 Å². The molecule has 0 saturated carbocycles. The molecule has 0 bridgehead atoms. The van der Waals surface area contributed by atoms with Gasteiger partial charge in [0.1, 0.15) is 11.3 Å². The second kappa shape index (κ2) is 5.15. The van der Waals surface area contributed by atoms with Gasteiger partial charge in [-0.25, -0.2) is 0 Å². The summed E-state index contributed by atoms with van der Waals surface area (Å²) in [6, 6.07) is 16.3. The highest BCUT2D eigenvalue weighted by Gasteiger charge is 2.10. The number of nitrogens with zero attached hydrogens (tertiary/aromatic N) is 2. The predicted octanol–water partition coefficient (Wildman–Crippen LogP) is 3.71. The molecule has 0 spiro atoms. The fourth-order valence-electron chi connectivity index (χ4n) is 2.79. The van der Waals surface area contributed by atoms with E-state index < -0.39 is 0 Å². The molecule has 0 fully saturated rings. The van der Waals surface area contributed by atoms with Gasteiger partial charge in [-0.1, -0.05) is 30.3 Å². The van der Waals surface area contributed by atoms with E-state index in [0.29, 0.717) is 0 Å². The first kappa shape index (κ1) is 12.8. The minimum Gasteiger partial charge on any atom is -0.497 e. The Kier molecular flexibility index (Phi) is 3.00. The number of ether oxygens (including phenoxy) is 1. The van der Waals surface area contributed by atoms with Crippen molar-refractivity contribution in [2.45, 2.75) is 6.42 Å². The molecule has 0 aliphatic heterocycles. The van der Waals surface area contributed by atoms with Crippen LogP contribution in [0.1, 0.15) is 11.3 Å². The van der Waals surface area contributed by atoms with Gasteiger partial charge in [0.25, 0.3) is 0 Å². The molecule has 4 aromatic rings. The van der Waals surface area contributed by atoms with Crippen LogP contribution in [-0.4, -0.2) is 22.3 Å². The number of H-pyrrole nitrogens is 1. The smallest absolute Gasteiger partial charge is 0.118 e. The third kappa shape index (κ3) is 2.09. The van der Waals surface area contributed by atoms with Crippen LogP contribution in [0.4, 0.5) is 0 Å². The maximum absolute atomic E-state index is 5.20. The third-order valence-corrected chi connectivity index (χ3v) is 3.91. The van der Waals surface area contributed by atoms with Crippen LogP contribution in [0.2, 0.25) is 0 Å². The van der Waals surface area contributed by atoms with Crippen LogP contribution in [0.3, 0.4) is 0 Å². The minimum atomic E-state index is 0.800. The van der Waals surface area contributed by atoms with Crippen molar-refractivity contribution in [3.05, 3.63) is 66.0 Å². The van der Waals surface area contributed by atoms with E-state index in [1.807, 2.05) is 36.5 Å². The monoisotopic (exact) mass is 289 g/mol. The summed E-state index contributed by atoms with van der Waals surface area (Å²) >= 11 is 0. The molecule has 0 aliphatic rings. The molecule has 108 valence electrons. The number of rotatable bonds is 3. The SMILES string of the molecule is COc1ccc(Cc2[nH]nc3cnc4ccccc4c23)cc1. The van der Waals surface area contributed by atoms with E-state index in [9.17, 15) is 0 Å². The highest BCUT2D eigenvalue weighted by Crippen LogP contribution is 2.26. The lowest BCUT2D eigenvalue weighted by Crippen LogP contribution is -1.91. The Bertz CT molecular complexity index is 942. The first-order valence-electron chi connectivity index (χ1n) is 7.19. The van der Waals surface area contributed by atoms with Crippen LogP contribution in [-0.2, 0) is 6.42 Å². The van der Waals surface area contributed by atoms with Gasteiger partial charge in [-0.15, -0.1) is 0 Å². The maximum atomic E-state index is 5.20. The van der Waals surface area contributed by atoms with Crippen LogP contribution < -0.4 is 4.74 Å². The Labute approximate surface area is 127 Å². The van der Waals surface area contributed by atoms with Gasteiger partial charge in [0, 0.05) is 22.9 Å². The molecule has 4 heteroatoms. The number of nitrogens with one attached hydrogen (secondary N) is 1. The quantitative estimate of drug-likeness (QED) is 0.625. The number of hydrogen-bond acceptors (Lipinski definition) is 3. The van der Waals surface area contributed by atoms with E-state index in [4.69, 9.17) is 4.74 Å². The normalized spacial score (nSPS) is 11.1. The Morgan fingerprint density at radius 2 is 1.82 bits per heavy atom. The van der Waals surface area contributed by atoms with Gasteiger partial charge in [0.2, 0.25) is 0 Å². The van der Waals surface area contributed by atoms with Gasteiger partial charge in [-0.2, -0.15) is 5.10 Å². The molecule has 2 aromatic carbocycles. The van der Waals surface area contributed by atoms with Gasteiger partial charge in [0.05, 0.1) is 18.8 Å². The second-order valence-electron chi connectivity index (χ2n) is 5.26. The zero-order chi connectivity index (χ0) is 14.9. The van der Waals surface area contributed by atoms with Crippen molar-refractivity contribution in [1.29, 1.82) is 0 Å². The van der Waals surface area contributed by atoms with Crippen molar-refractivity contribution in [2.24, 2.45) is 0 Å². The molecular formula is C18H15N3O. The summed E-state index contributed by atoms with van der Waals surface area (Å²) in [5, 5.41) is 9.84. The van der Waals surface area contributed by atoms with E-state index in [1.165, 1.54) is 5.56 Å². The summed E-state index contributed by atoms with van der Waals surface area (Å²) in [6.45, 7) is 0. The molecular weight excluding hydrogens is 274 g/mol. The highest BCUT2D eigenvalue weighted by atomic mass is 16.5. The van der Waals surface area contributed by atoms with E-state index in [2.05, 4.69) is 33.4 Å². The zero-order valence-corrected chi connectivity index (χ0v) is 12.2. The summed E-state index contributed by atoms with van der Waals surface area (Å²) < 4.78 is 5.20. The van der Waals surface area contributed by atoms with Gasteiger partial charge in [-0.05, 0) is 23.8 Å². The number of aromatic amines is 1. The molecule has 0 saturated heterocycles.